The number of piperidine rings is 1. The second-order valence-corrected chi connectivity index (χ2v) is 8.13. The van der Waals surface area contributed by atoms with Crippen molar-refractivity contribution < 1.29 is 27.3 Å². The van der Waals surface area contributed by atoms with Gasteiger partial charge in [0.2, 0.25) is 5.91 Å². The van der Waals surface area contributed by atoms with Crippen molar-refractivity contribution in [3.8, 4) is 0 Å². The van der Waals surface area contributed by atoms with Crippen molar-refractivity contribution in [1.29, 1.82) is 0 Å². The SMILES string of the molecule is COCCN1C(=O)CS(=O)C12CCN(C(=O)c1cc(F)ccc1F)CC2. The number of amides is 2. The summed E-state index contributed by atoms with van der Waals surface area (Å²) in [7, 11) is 0.163. The molecule has 1 unspecified atom stereocenters. The summed E-state index contributed by atoms with van der Waals surface area (Å²) in [5.74, 6) is -2.28. The average Bonchev–Trinajstić information content (AvgIpc) is 2.85. The van der Waals surface area contributed by atoms with Crippen LogP contribution in [-0.2, 0) is 20.3 Å². The molecule has 0 radical (unpaired) electrons. The molecule has 0 aromatic heterocycles. The molecule has 0 N–H and O–H groups in total. The van der Waals surface area contributed by atoms with Gasteiger partial charge in [0.1, 0.15) is 22.3 Å². The fraction of sp³-hybridized carbons (Fsp3) is 0.529. The molecular formula is C17H20F2N2O4S. The standard InChI is InChI=1S/C17H20F2N2O4S/c1-25-9-8-21-15(22)11-26(24)17(21)4-6-20(7-5-17)16(23)13-10-12(18)2-3-14(13)19/h2-3,10H,4-9,11H2,1H3. The third-order valence-corrected chi connectivity index (χ3v) is 6.97. The van der Waals surface area contributed by atoms with Gasteiger partial charge in [0.25, 0.3) is 5.91 Å². The molecule has 2 saturated heterocycles. The van der Waals surface area contributed by atoms with Crippen LogP contribution in [0.2, 0.25) is 0 Å². The van der Waals surface area contributed by atoms with Crippen LogP contribution < -0.4 is 0 Å². The third kappa shape index (κ3) is 3.25. The van der Waals surface area contributed by atoms with Crippen molar-refractivity contribution >= 4 is 22.6 Å². The number of hydrogen-bond donors (Lipinski definition) is 0. The molecule has 0 bridgehead atoms. The van der Waals surface area contributed by atoms with Gasteiger partial charge in [0.05, 0.1) is 23.0 Å². The Bertz CT molecular complexity index is 750. The molecule has 0 saturated carbocycles. The highest BCUT2D eigenvalue weighted by atomic mass is 32.2. The number of likely N-dealkylation sites (tertiary alicyclic amines) is 1. The molecule has 2 aliphatic rings. The van der Waals surface area contributed by atoms with Gasteiger partial charge in [-0.05, 0) is 18.2 Å². The van der Waals surface area contributed by atoms with Gasteiger partial charge in [-0.3, -0.25) is 13.8 Å². The van der Waals surface area contributed by atoms with Crippen LogP contribution in [0.25, 0.3) is 0 Å². The second-order valence-electron chi connectivity index (χ2n) is 6.39. The summed E-state index contributed by atoms with van der Waals surface area (Å²) in [5, 5.41) is 0. The van der Waals surface area contributed by atoms with Crippen LogP contribution in [0.4, 0.5) is 8.78 Å². The number of rotatable bonds is 4. The van der Waals surface area contributed by atoms with Crippen LogP contribution >= 0.6 is 0 Å². The fourth-order valence-corrected chi connectivity index (χ4v) is 5.30. The van der Waals surface area contributed by atoms with Gasteiger partial charge in [-0.25, -0.2) is 8.78 Å². The van der Waals surface area contributed by atoms with Crippen molar-refractivity contribution in [3.63, 3.8) is 0 Å². The van der Waals surface area contributed by atoms with E-state index in [0.29, 0.717) is 26.0 Å². The van der Waals surface area contributed by atoms with Crippen molar-refractivity contribution in [2.24, 2.45) is 0 Å². The molecular weight excluding hydrogens is 366 g/mol. The summed E-state index contributed by atoms with van der Waals surface area (Å²) < 4.78 is 44.8. The summed E-state index contributed by atoms with van der Waals surface area (Å²) in [4.78, 5) is 26.9. The number of carbonyl (C=O) groups is 2. The Labute approximate surface area is 152 Å². The molecule has 0 aliphatic carbocycles. The lowest BCUT2D eigenvalue weighted by Crippen LogP contribution is -2.56. The van der Waals surface area contributed by atoms with E-state index >= 15 is 0 Å². The molecule has 3 rings (SSSR count). The van der Waals surface area contributed by atoms with Crippen molar-refractivity contribution in [2.45, 2.75) is 17.7 Å². The number of methoxy groups -OCH3 is 1. The third-order valence-electron chi connectivity index (χ3n) is 4.98. The molecule has 2 aliphatic heterocycles. The maximum atomic E-state index is 13.9. The molecule has 9 heteroatoms. The Hall–Kier alpha value is -1.87. The first-order valence-electron chi connectivity index (χ1n) is 8.31. The van der Waals surface area contributed by atoms with Crippen LogP contribution in [0.15, 0.2) is 18.2 Å². The van der Waals surface area contributed by atoms with Crippen LogP contribution in [0, 0.1) is 11.6 Å². The first kappa shape index (κ1) is 18.9. The molecule has 2 fully saturated rings. The predicted octanol–water partition coefficient (Wildman–Crippen LogP) is 1.13. The van der Waals surface area contributed by atoms with Crippen LogP contribution in [0.1, 0.15) is 23.2 Å². The van der Waals surface area contributed by atoms with E-state index in [-0.39, 0.29) is 30.3 Å². The highest BCUT2D eigenvalue weighted by Gasteiger charge is 2.53. The molecule has 142 valence electrons. The normalized spacial score (nSPS) is 22.3. The molecule has 1 aromatic carbocycles. The van der Waals surface area contributed by atoms with Crippen LogP contribution in [-0.4, -0.2) is 69.8 Å². The highest BCUT2D eigenvalue weighted by molar-refractivity contribution is 7.87. The average molecular weight is 386 g/mol. The Morgan fingerprint density at radius 2 is 2.00 bits per heavy atom. The van der Waals surface area contributed by atoms with E-state index in [4.69, 9.17) is 4.74 Å². The maximum absolute atomic E-state index is 13.9. The smallest absolute Gasteiger partial charge is 0.256 e. The molecule has 1 aromatic rings. The van der Waals surface area contributed by atoms with Gasteiger partial charge in [-0.2, -0.15) is 0 Å². The lowest BCUT2D eigenvalue weighted by atomic mass is 10.0. The molecule has 2 amide bonds. The Morgan fingerprint density at radius 3 is 2.65 bits per heavy atom. The monoisotopic (exact) mass is 386 g/mol. The largest absolute Gasteiger partial charge is 0.383 e. The van der Waals surface area contributed by atoms with E-state index in [0.717, 1.165) is 18.2 Å². The minimum atomic E-state index is -1.36. The molecule has 1 atom stereocenters. The maximum Gasteiger partial charge on any atom is 0.256 e. The first-order valence-corrected chi connectivity index (χ1v) is 9.63. The summed E-state index contributed by atoms with van der Waals surface area (Å²) in [6.45, 7) is 1.12. The quantitative estimate of drug-likeness (QED) is 0.778. The lowest BCUT2D eigenvalue weighted by Gasteiger charge is -2.43. The van der Waals surface area contributed by atoms with E-state index in [9.17, 15) is 22.6 Å². The van der Waals surface area contributed by atoms with E-state index in [1.54, 1.807) is 4.90 Å². The molecule has 6 nitrogen and oxygen atoms in total. The zero-order valence-corrected chi connectivity index (χ0v) is 15.2. The Kier molecular flexibility index (Phi) is 5.38. The van der Waals surface area contributed by atoms with Gasteiger partial charge in [0, 0.05) is 39.6 Å². The van der Waals surface area contributed by atoms with Crippen molar-refractivity contribution in [3.05, 3.63) is 35.4 Å². The summed E-state index contributed by atoms with van der Waals surface area (Å²) in [6.07, 6.45) is 0.662. The second kappa shape index (κ2) is 7.40. The van der Waals surface area contributed by atoms with E-state index in [1.807, 2.05) is 0 Å². The number of ether oxygens (including phenoxy) is 1. The Balaban J connectivity index is 1.75. The van der Waals surface area contributed by atoms with Crippen molar-refractivity contribution in [2.75, 3.05) is 39.1 Å². The fourth-order valence-electron chi connectivity index (χ4n) is 3.57. The van der Waals surface area contributed by atoms with Crippen LogP contribution in [0.3, 0.4) is 0 Å². The van der Waals surface area contributed by atoms with Crippen LogP contribution in [0.5, 0.6) is 0 Å². The zero-order chi connectivity index (χ0) is 18.9. The minimum absolute atomic E-state index is 0.0316. The number of halogens is 2. The van der Waals surface area contributed by atoms with Gasteiger partial charge >= 0.3 is 0 Å². The topological polar surface area (TPSA) is 66.9 Å². The van der Waals surface area contributed by atoms with Crippen molar-refractivity contribution in [1.82, 2.24) is 9.80 Å². The summed E-state index contributed by atoms with van der Waals surface area (Å²) >= 11 is 0. The zero-order valence-electron chi connectivity index (χ0n) is 14.4. The van der Waals surface area contributed by atoms with E-state index < -0.39 is 33.2 Å². The Morgan fingerprint density at radius 1 is 1.31 bits per heavy atom. The van der Waals surface area contributed by atoms with E-state index in [1.165, 1.54) is 12.0 Å². The molecule has 2 heterocycles. The number of hydrogen-bond acceptors (Lipinski definition) is 4. The predicted molar refractivity (Wildman–Crippen MR) is 90.8 cm³/mol. The summed E-state index contributed by atoms with van der Waals surface area (Å²) in [6, 6.07) is 2.76. The first-order chi connectivity index (χ1) is 12.4. The van der Waals surface area contributed by atoms with E-state index in [2.05, 4.69) is 0 Å². The van der Waals surface area contributed by atoms with Gasteiger partial charge < -0.3 is 14.5 Å². The van der Waals surface area contributed by atoms with Gasteiger partial charge in [-0.1, -0.05) is 0 Å². The van der Waals surface area contributed by atoms with Gasteiger partial charge in [-0.15, -0.1) is 0 Å². The molecule has 1 spiro atoms. The minimum Gasteiger partial charge on any atom is -0.383 e. The highest BCUT2D eigenvalue weighted by Crippen LogP contribution is 2.37. The van der Waals surface area contributed by atoms with Gasteiger partial charge in [0.15, 0.2) is 0 Å². The number of benzene rings is 1. The summed E-state index contributed by atoms with van der Waals surface area (Å²) in [5.41, 5.74) is -0.319. The lowest BCUT2D eigenvalue weighted by molar-refractivity contribution is -0.131. The molecule has 26 heavy (non-hydrogen) atoms. The number of carbonyl (C=O) groups excluding carboxylic acids is 2. The number of nitrogens with zero attached hydrogens (tertiary/aromatic N) is 2.